The Hall–Kier alpha value is -2.34. The first-order chi connectivity index (χ1) is 14.1. The number of likely N-dealkylation sites (tertiary alicyclic amines) is 1. The third-order valence-corrected chi connectivity index (χ3v) is 5.82. The molecule has 0 spiro atoms. The number of hydrogen-bond acceptors (Lipinski definition) is 3. The summed E-state index contributed by atoms with van der Waals surface area (Å²) >= 11 is 0. The van der Waals surface area contributed by atoms with E-state index in [9.17, 15) is 0 Å². The van der Waals surface area contributed by atoms with Crippen LogP contribution in [0.2, 0.25) is 0 Å². The van der Waals surface area contributed by atoms with Gasteiger partial charge in [0.2, 0.25) is 0 Å². The maximum atomic E-state index is 5.01. The summed E-state index contributed by atoms with van der Waals surface area (Å²) in [5.41, 5.74) is 4.03. The minimum atomic E-state index is 0.530. The van der Waals surface area contributed by atoms with E-state index in [1.165, 1.54) is 16.7 Å². The van der Waals surface area contributed by atoms with E-state index in [4.69, 9.17) is 4.99 Å². The van der Waals surface area contributed by atoms with Gasteiger partial charge in [0.05, 0.1) is 12.7 Å². The highest BCUT2D eigenvalue weighted by molar-refractivity contribution is 5.80. The van der Waals surface area contributed by atoms with Crippen molar-refractivity contribution in [3.8, 4) is 0 Å². The summed E-state index contributed by atoms with van der Waals surface area (Å²) in [6, 6.07) is 8.71. The van der Waals surface area contributed by atoms with Gasteiger partial charge in [-0.15, -0.1) is 0 Å². The molecule has 1 aromatic heterocycles. The number of benzene rings is 1. The summed E-state index contributed by atoms with van der Waals surface area (Å²) in [7, 11) is 1.98. The third-order valence-electron chi connectivity index (χ3n) is 5.82. The summed E-state index contributed by atoms with van der Waals surface area (Å²) in [5, 5.41) is 7.84. The molecule has 0 radical (unpaired) electrons. The Morgan fingerprint density at radius 3 is 2.62 bits per heavy atom. The number of nitrogens with one attached hydrogen (secondary N) is 1. The highest BCUT2D eigenvalue weighted by atomic mass is 15.3. The molecule has 6 heteroatoms. The average molecular weight is 397 g/mol. The van der Waals surface area contributed by atoms with Crippen molar-refractivity contribution < 1.29 is 0 Å². The molecule has 1 aliphatic heterocycles. The zero-order valence-corrected chi connectivity index (χ0v) is 18.4. The zero-order valence-electron chi connectivity index (χ0n) is 18.4. The van der Waals surface area contributed by atoms with Crippen LogP contribution in [0, 0.1) is 0 Å². The van der Waals surface area contributed by atoms with Crippen molar-refractivity contribution in [2.75, 3.05) is 32.7 Å². The topological polar surface area (TPSA) is 48.7 Å². The maximum absolute atomic E-state index is 5.01. The molecule has 3 rings (SSSR count). The number of guanidine groups is 1. The molecule has 1 saturated heterocycles. The van der Waals surface area contributed by atoms with E-state index in [1.807, 2.05) is 17.9 Å². The summed E-state index contributed by atoms with van der Waals surface area (Å²) < 4.78 is 1.89. The van der Waals surface area contributed by atoms with Gasteiger partial charge in [0.1, 0.15) is 0 Å². The molecule has 1 atom stereocenters. The van der Waals surface area contributed by atoms with E-state index in [2.05, 4.69) is 71.4 Å². The number of aliphatic imine (C=N–C) groups is 1. The second-order valence-electron chi connectivity index (χ2n) is 7.78. The molecule has 1 aliphatic rings. The SMILES string of the molecule is CCNC(=NCc1ccccc1CN(CC)CC)N1CCC(c2cnn(C)c2)C1. The molecule has 2 heterocycles. The van der Waals surface area contributed by atoms with Crippen molar-refractivity contribution in [1.29, 1.82) is 0 Å². The average Bonchev–Trinajstić information content (AvgIpc) is 3.39. The van der Waals surface area contributed by atoms with Gasteiger partial charge in [-0.1, -0.05) is 38.1 Å². The molecule has 1 aromatic carbocycles. The number of hydrogen-bond donors (Lipinski definition) is 1. The monoisotopic (exact) mass is 396 g/mol. The van der Waals surface area contributed by atoms with E-state index >= 15 is 0 Å². The second kappa shape index (κ2) is 10.4. The fraction of sp³-hybridized carbons (Fsp3) is 0.565. The van der Waals surface area contributed by atoms with Crippen molar-refractivity contribution in [2.45, 2.75) is 46.2 Å². The van der Waals surface area contributed by atoms with Crippen molar-refractivity contribution in [2.24, 2.45) is 12.0 Å². The third kappa shape index (κ3) is 5.60. The predicted molar refractivity (Wildman–Crippen MR) is 120 cm³/mol. The van der Waals surface area contributed by atoms with E-state index in [0.717, 1.165) is 51.6 Å². The lowest BCUT2D eigenvalue weighted by atomic mass is 10.0. The molecule has 1 fully saturated rings. The molecule has 158 valence electrons. The number of aryl methyl sites for hydroxylation is 1. The molecular weight excluding hydrogens is 360 g/mol. The summed E-state index contributed by atoms with van der Waals surface area (Å²) in [6.45, 7) is 13.3. The molecule has 1 N–H and O–H groups in total. The fourth-order valence-electron chi connectivity index (χ4n) is 4.02. The Kier molecular flexibility index (Phi) is 7.69. The normalized spacial score (nSPS) is 17.3. The van der Waals surface area contributed by atoms with Crippen LogP contribution in [0.4, 0.5) is 0 Å². The van der Waals surface area contributed by atoms with Crippen LogP contribution in [0.1, 0.15) is 49.8 Å². The molecule has 0 aliphatic carbocycles. The van der Waals surface area contributed by atoms with Gasteiger partial charge in [-0.05, 0) is 43.1 Å². The van der Waals surface area contributed by atoms with Gasteiger partial charge < -0.3 is 10.2 Å². The zero-order chi connectivity index (χ0) is 20.6. The molecule has 0 amide bonds. The lowest BCUT2D eigenvalue weighted by Gasteiger charge is -2.22. The number of aromatic nitrogens is 2. The lowest BCUT2D eigenvalue weighted by molar-refractivity contribution is 0.295. The van der Waals surface area contributed by atoms with Crippen molar-refractivity contribution in [3.05, 3.63) is 53.3 Å². The summed E-state index contributed by atoms with van der Waals surface area (Å²) in [4.78, 5) is 9.86. The Morgan fingerprint density at radius 2 is 1.97 bits per heavy atom. The Bertz CT molecular complexity index is 792. The van der Waals surface area contributed by atoms with Crippen LogP contribution in [0.25, 0.3) is 0 Å². The molecule has 6 nitrogen and oxygen atoms in total. The van der Waals surface area contributed by atoms with Crippen LogP contribution in [-0.4, -0.2) is 58.3 Å². The van der Waals surface area contributed by atoms with Crippen molar-refractivity contribution >= 4 is 5.96 Å². The van der Waals surface area contributed by atoms with Gasteiger partial charge in [-0.3, -0.25) is 9.58 Å². The van der Waals surface area contributed by atoms with Crippen LogP contribution in [0.15, 0.2) is 41.7 Å². The molecule has 2 aromatic rings. The smallest absolute Gasteiger partial charge is 0.194 e. The Balaban J connectivity index is 1.70. The first kappa shape index (κ1) is 21.4. The van der Waals surface area contributed by atoms with Crippen LogP contribution in [0.5, 0.6) is 0 Å². The van der Waals surface area contributed by atoms with Gasteiger partial charge in [-0.2, -0.15) is 5.10 Å². The minimum absolute atomic E-state index is 0.530. The minimum Gasteiger partial charge on any atom is -0.357 e. The highest BCUT2D eigenvalue weighted by Crippen LogP contribution is 2.26. The molecule has 1 unspecified atom stereocenters. The Labute approximate surface area is 175 Å². The van der Waals surface area contributed by atoms with Crippen LogP contribution >= 0.6 is 0 Å². The van der Waals surface area contributed by atoms with Gasteiger partial charge in [-0.25, -0.2) is 4.99 Å². The summed E-state index contributed by atoms with van der Waals surface area (Å²) in [5.74, 6) is 1.55. The van der Waals surface area contributed by atoms with Gasteiger partial charge >= 0.3 is 0 Å². The first-order valence-corrected chi connectivity index (χ1v) is 11.0. The quantitative estimate of drug-likeness (QED) is 0.550. The number of rotatable bonds is 8. The van der Waals surface area contributed by atoms with Crippen LogP contribution in [0.3, 0.4) is 0 Å². The van der Waals surface area contributed by atoms with E-state index < -0.39 is 0 Å². The van der Waals surface area contributed by atoms with E-state index in [1.54, 1.807) is 0 Å². The van der Waals surface area contributed by atoms with Gasteiger partial charge in [0.15, 0.2) is 5.96 Å². The summed E-state index contributed by atoms with van der Waals surface area (Å²) in [6.07, 6.45) is 5.29. The predicted octanol–water partition coefficient (Wildman–Crippen LogP) is 3.22. The lowest BCUT2D eigenvalue weighted by Crippen LogP contribution is -2.40. The van der Waals surface area contributed by atoms with Crippen molar-refractivity contribution in [3.63, 3.8) is 0 Å². The maximum Gasteiger partial charge on any atom is 0.194 e. The fourth-order valence-corrected chi connectivity index (χ4v) is 4.02. The molecular formula is C23H36N6. The van der Waals surface area contributed by atoms with Crippen molar-refractivity contribution in [1.82, 2.24) is 24.9 Å². The standard InChI is InChI=1S/C23H36N6/c1-5-24-23(29-13-12-21(18-29)22-15-26-27(4)16-22)25-14-19-10-8-9-11-20(19)17-28(6-2)7-3/h8-11,15-16,21H,5-7,12-14,17-18H2,1-4H3,(H,24,25). The molecule has 0 bridgehead atoms. The highest BCUT2D eigenvalue weighted by Gasteiger charge is 2.26. The van der Waals surface area contributed by atoms with Crippen LogP contribution < -0.4 is 5.32 Å². The number of nitrogens with zero attached hydrogens (tertiary/aromatic N) is 5. The second-order valence-corrected chi connectivity index (χ2v) is 7.78. The van der Waals surface area contributed by atoms with Gasteiger partial charge in [0.25, 0.3) is 0 Å². The Morgan fingerprint density at radius 1 is 1.21 bits per heavy atom. The largest absolute Gasteiger partial charge is 0.357 e. The van der Waals surface area contributed by atoms with E-state index in [-0.39, 0.29) is 0 Å². The first-order valence-electron chi connectivity index (χ1n) is 11.0. The molecule has 29 heavy (non-hydrogen) atoms. The van der Waals surface area contributed by atoms with Gasteiger partial charge in [0, 0.05) is 45.3 Å². The molecule has 0 saturated carbocycles. The van der Waals surface area contributed by atoms with Crippen LogP contribution in [-0.2, 0) is 20.1 Å². The van der Waals surface area contributed by atoms with E-state index in [0.29, 0.717) is 12.5 Å².